The number of nitrogens with one attached hydrogen (secondary N) is 1. The Morgan fingerprint density at radius 1 is 1.11 bits per heavy atom. The van der Waals surface area contributed by atoms with Gasteiger partial charge >= 0.3 is 0 Å². The summed E-state index contributed by atoms with van der Waals surface area (Å²) in [5.74, 6) is 1.04. The molecule has 2 aromatic carbocycles. The second-order valence-electron chi connectivity index (χ2n) is 6.90. The summed E-state index contributed by atoms with van der Waals surface area (Å²) >= 11 is 0. The molecule has 7 nitrogen and oxygen atoms in total. The van der Waals surface area contributed by atoms with Gasteiger partial charge in [0.1, 0.15) is 11.5 Å². The van der Waals surface area contributed by atoms with Crippen molar-refractivity contribution in [3.8, 4) is 5.75 Å². The summed E-state index contributed by atoms with van der Waals surface area (Å²) < 4.78 is 5.51. The van der Waals surface area contributed by atoms with Crippen LogP contribution in [0, 0.1) is 6.92 Å². The van der Waals surface area contributed by atoms with Crippen LogP contribution in [0.1, 0.15) is 33.9 Å². The van der Waals surface area contributed by atoms with Crippen molar-refractivity contribution in [3.05, 3.63) is 73.4 Å². The van der Waals surface area contributed by atoms with Crippen molar-refractivity contribution in [3.63, 3.8) is 0 Å². The highest BCUT2D eigenvalue weighted by molar-refractivity contribution is 5.98. The average Bonchev–Trinajstić information content (AvgIpc) is 3.09. The van der Waals surface area contributed by atoms with Gasteiger partial charge < -0.3 is 19.7 Å². The maximum Gasteiger partial charge on any atom is 0.257 e. The molecule has 1 amide bonds. The topological polar surface area (TPSA) is 99.9 Å². The molecule has 2 N–H and O–H groups in total. The Bertz CT molecular complexity index is 1090. The minimum atomic E-state index is -0.618. The second kappa shape index (κ2) is 7.72. The number of hydrogen-bond acceptors (Lipinski definition) is 6. The van der Waals surface area contributed by atoms with Crippen LogP contribution >= 0.6 is 0 Å². The molecule has 0 aliphatic heterocycles. The Kier molecular flexibility index (Phi) is 5.35. The van der Waals surface area contributed by atoms with Crippen molar-refractivity contribution in [1.82, 2.24) is 4.90 Å². The smallest absolute Gasteiger partial charge is 0.257 e. The molecule has 0 spiro atoms. The average molecular weight is 382 g/mol. The number of aromatic hydroxyl groups is 1. The SMILES string of the molecule is Cc1ccc(CCCc2c(Nc3cccc(C(=O)N(C)C)c3O)c(=O)c2=O)o1. The van der Waals surface area contributed by atoms with Crippen molar-refractivity contribution in [1.29, 1.82) is 0 Å². The fourth-order valence-corrected chi connectivity index (χ4v) is 3.06. The van der Waals surface area contributed by atoms with Crippen LogP contribution in [0.15, 0.2) is 44.3 Å². The number of rotatable bonds is 7. The Hall–Kier alpha value is -3.35. The predicted octanol–water partition coefficient (Wildman–Crippen LogP) is 2.51. The van der Waals surface area contributed by atoms with Crippen LogP contribution in [0.3, 0.4) is 0 Å². The molecule has 0 radical (unpaired) electrons. The van der Waals surface area contributed by atoms with E-state index in [9.17, 15) is 19.5 Å². The molecule has 3 rings (SSSR count). The molecule has 0 aliphatic rings. The maximum absolute atomic E-state index is 12.1. The van der Waals surface area contributed by atoms with Gasteiger partial charge in [0, 0.05) is 26.1 Å². The fraction of sp³-hybridized carbons (Fsp3) is 0.286. The molecule has 0 saturated carbocycles. The van der Waals surface area contributed by atoms with Gasteiger partial charge in [-0.1, -0.05) is 6.07 Å². The number of aryl methyl sites for hydroxylation is 2. The van der Waals surface area contributed by atoms with Gasteiger partial charge in [0.2, 0.25) is 10.9 Å². The quantitative estimate of drug-likeness (QED) is 0.481. The summed E-state index contributed by atoms with van der Waals surface area (Å²) in [4.78, 5) is 37.5. The normalized spacial score (nSPS) is 11.0. The lowest BCUT2D eigenvalue weighted by Gasteiger charge is -2.17. The monoisotopic (exact) mass is 382 g/mol. The van der Waals surface area contributed by atoms with Crippen molar-refractivity contribution in [2.45, 2.75) is 26.2 Å². The van der Waals surface area contributed by atoms with E-state index in [-0.39, 0.29) is 28.6 Å². The van der Waals surface area contributed by atoms with Crippen LogP contribution in [0.25, 0.3) is 0 Å². The first-order chi connectivity index (χ1) is 13.3. The van der Waals surface area contributed by atoms with Gasteiger partial charge in [0.25, 0.3) is 5.91 Å². The first-order valence-corrected chi connectivity index (χ1v) is 8.97. The minimum Gasteiger partial charge on any atom is -0.505 e. The molecule has 0 fully saturated rings. The zero-order valence-corrected chi connectivity index (χ0v) is 16.0. The van der Waals surface area contributed by atoms with Crippen LogP contribution in [0.4, 0.5) is 11.4 Å². The number of hydrogen-bond donors (Lipinski definition) is 2. The first-order valence-electron chi connectivity index (χ1n) is 8.97. The lowest BCUT2D eigenvalue weighted by molar-refractivity contribution is 0.0824. The number of furan rings is 1. The number of carbonyl (C=O) groups is 1. The Balaban J connectivity index is 1.76. The highest BCUT2D eigenvalue weighted by atomic mass is 16.3. The van der Waals surface area contributed by atoms with E-state index in [1.165, 1.54) is 11.0 Å². The van der Waals surface area contributed by atoms with E-state index in [2.05, 4.69) is 5.32 Å². The van der Waals surface area contributed by atoms with E-state index in [4.69, 9.17) is 4.42 Å². The lowest BCUT2D eigenvalue weighted by Crippen LogP contribution is -2.37. The molecule has 1 heterocycles. The van der Waals surface area contributed by atoms with Crippen LogP contribution < -0.4 is 16.2 Å². The summed E-state index contributed by atoms with van der Waals surface area (Å²) in [5.41, 5.74) is -0.237. The number of phenols is 1. The van der Waals surface area contributed by atoms with Crippen molar-refractivity contribution in [2.24, 2.45) is 0 Å². The first kappa shape index (κ1) is 19.4. The van der Waals surface area contributed by atoms with Crippen LogP contribution in [0.5, 0.6) is 5.75 Å². The van der Waals surface area contributed by atoms with Crippen LogP contribution in [-0.2, 0) is 12.8 Å². The summed E-state index contributed by atoms with van der Waals surface area (Å²) in [6, 6.07) is 8.42. The third kappa shape index (κ3) is 3.69. The van der Waals surface area contributed by atoms with Gasteiger partial charge in [-0.15, -0.1) is 0 Å². The van der Waals surface area contributed by atoms with E-state index in [1.807, 2.05) is 19.1 Å². The highest BCUT2D eigenvalue weighted by Gasteiger charge is 2.23. The van der Waals surface area contributed by atoms with E-state index in [0.717, 1.165) is 11.5 Å². The minimum absolute atomic E-state index is 0.114. The van der Waals surface area contributed by atoms with E-state index < -0.39 is 10.9 Å². The fourth-order valence-electron chi connectivity index (χ4n) is 3.06. The van der Waals surface area contributed by atoms with Gasteiger partial charge in [0.15, 0.2) is 5.75 Å². The molecule has 28 heavy (non-hydrogen) atoms. The number of carbonyl (C=O) groups excluding carboxylic acids is 1. The maximum atomic E-state index is 12.1. The molecule has 0 aliphatic carbocycles. The molecule has 146 valence electrons. The Morgan fingerprint density at radius 2 is 1.86 bits per heavy atom. The molecular formula is C21H22N2O5. The number of benzene rings is 1. The zero-order valence-electron chi connectivity index (χ0n) is 16.0. The Labute approximate surface area is 161 Å². The molecule has 0 unspecified atom stereocenters. The van der Waals surface area contributed by atoms with Crippen molar-refractivity contribution < 1.29 is 14.3 Å². The highest BCUT2D eigenvalue weighted by Crippen LogP contribution is 2.31. The van der Waals surface area contributed by atoms with Gasteiger partial charge in [-0.25, -0.2) is 0 Å². The van der Waals surface area contributed by atoms with E-state index >= 15 is 0 Å². The van der Waals surface area contributed by atoms with Gasteiger partial charge in [-0.05, 0) is 44.0 Å². The largest absolute Gasteiger partial charge is 0.505 e. The Morgan fingerprint density at radius 3 is 2.50 bits per heavy atom. The summed E-state index contributed by atoms with van der Waals surface area (Å²) in [7, 11) is 3.16. The zero-order chi connectivity index (χ0) is 20.4. The third-order valence-electron chi connectivity index (χ3n) is 4.59. The standard InChI is InChI=1S/C21H22N2O5/c1-12-10-11-13(28-12)6-4-7-14-17(20(26)19(14)25)22-16-9-5-8-15(18(16)24)21(27)23(2)3/h5,8-11,22,24H,4,6-7H2,1-3H3. The van der Waals surface area contributed by atoms with Gasteiger partial charge in [0.05, 0.1) is 16.9 Å². The lowest BCUT2D eigenvalue weighted by atomic mass is 10.00. The molecule has 7 heteroatoms. The summed E-state index contributed by atoms with van der Waals surface area (Å²) in [5, 5.41) is 13.2. The number of anilines is 2. The van der Waals surface area contributed by atoms with Crippen LogP contribution in [0.2, 0.25) is 0 Å². The predicted molar refractivity (Wildman–Crippen MR) is 106 cm³/mol. The molecular weight excluding hydrogens is 360 g/mol. The van der Waals surface area contributed by atoms with E-state index in [0.29, 0.717) is 24.8 Å². The molecule has 3 aromatic rings. The molecule has 1 aromatic heterocycles. The third-order valence-corrected chi connectivity index (χ3v) is 4.59. The van der Waals surface area contributed by atoms with Crippen molar-refractivity contribution in [2.75, 3.05) is 19.4 Å². The molecule has 0 atom stereocenters. The number of phenolic OH excluding ortho intramolecular Hbond substituents is 1. The molecule has 0 saturated heterocycles. The number of nitrogens with zero attached hydrogens (tertiary/aromatic N) is 1. The summed E-state index contributed by atoms with van der Waals surface area (Å²) in [6.45, 7) is 1.86. The second-order valence-corrected chi connectivity index (χ2v) is 6.90. The van der Waals surface area contributed by atoms with Crippen molar-refractivity contribution >= 4 is 17.3 Å². The van der Waals surface area contributed by atoms with Crippen LogP contribution in [-0.4, -0.2) is 30.0 Å². The number of para-hydroxylation sites is 1. The number of amides is 1. The van der Waals surface area contributed by atoms with E-state index in [1.54, 1.807) is 26.2 Å². The van der Waals surface area contributed by atoms with Gasteiger partial charge in [-0.2, -0.15) is 0 Å². The molecule has 0 bridgehead atoms. The van der Waals surface area contributed by atoms with Gasteiger partial charge in [-0.3, -0.25) is 14.4 Å². The summed E-state index contributed by atoms with van der Waals surface area (Å²) in [6.07, 6.45) is 1.73.